The third-order valence-corrected chi connectivity index (χ3v) is 3.14. The molecule has 0 heterocycles. The minimum atomic E-state index is 0.0957. The molecular formula is C15H24N2O. The van der Waals surface area contributed by atoms with E-state index in [1.54, 1.807) is 4.90 Å². The predicted molar refractivity (Wildman–Crippen MR) is 77.0 cm³/mol. The van der Waals surface area contributed by atoms with Crippen LogP contribution >= 0.6 is 0 Å². The lowest BCUT2D eigenvalue weighted by atomic mass is 10.1. The van der Waals surface area contributed by atoms with Crippen LogP contribution in [-0.4, -0.2) is 30.9 Å². The standard InChI is InChI=1S/C15H24N2O/c1-5-12(3)11-17(4)15(18)13-7-9-14(10-8-13)16-6-2/h7-10,12,16H,5-6,11H2,1-4H3. The number of amides is 1. The van der Waals surface area contributed by atoms with Crippen molar-refractivity contribution in [3.8, 4) is 0 Å². The van der Waals surface area contributed by atoms with Crippen molar-refractivity contribution in [1.29, 1.82) is 0 Å². The summed E-state index contributed by atoms with van der Waals surface area (Å²) >= 11 is 0. The maximum Gasteiger partial charge on any atom is 0.253 e. The summed E-state index contributed by atoms with van der Waals surface area (Å²) in [6.45, 7) is 8.07. The molecule has 1 amide bonds. The van der Waals surface area contributed by atoms with Crippen LogP contribution in [0.3, 0.4) is 0 Å². The number of hydrogen-bond acceptors (Lipinski definition) is 2. The van der Waals surface area contributed by atoms with Gasteiger partial charge in [0.25, 0.3) is 5.91 Å². The van der Waals surface area contributed by atoms with E-state index in [2.05, 4.69) is 26.1 Å². The highest BCUT2D eigenvalue weighted by atomic mass is 16.2. The van der Waals surface area contributed by atoms with Gasteiger partial charge in [-0.25, -0.2) is 0 Å². The van der Waals surface area contributed by atoms with Crippen LogP contribution in [0.2, 0.25) is 0 Å². The second kappa shape index (κ2) is 7.04. The van der Waals surface area contributed by atoms with Gasteiger partial charge >= 0.3 is 0 Å². The van der Waals surface area contributed by atoms with Gasteiger partial charge in [0.05, 0.1) is 0 Å². The normalized spacial score (nSPS) is 12.0. The Labute approximate surface area is 110 Å². The van der Waals surface area contributed by atoms with Crippen molar-refractivity contribution >= 4 is 11.6 Å². The highest BCUT2D eigenvalue weighted by Crippen LogP contribution is 2.12. The molecule has 100 valence electrons. The minimum Gasteiger partial charge on any atom is -0.385 e. The molecule has 0 bridgehead atoms. The maximum atomic E-state index is 12.2. The Kier molecular flexibility index (Phi) is 5.69. The summed E-state index contributed by atoms with van der Waals surface area (Å²) < 4.78 is 0. The van der Waals surface area contributed by atoms with Crippen molar-refractivity contribution in [2.75, 3.05) is 25.5 Å². The van der Waals surface area contributed by atoms with E-state index in [0.29, 0.717) is 5.92 Å². The number of carbonyl (C=O) groups is 1. The zero-order chi connectivity index (χ0) is 13.5. The van der Waals surface area contributed by atoms with Gasteiger partial charge in [0.1, 0.15) is 0 Å². The van der Waals surface area contributed by atoms with Crippen molar-refractivity contribution in [3.63, 3.8) is 0 Å². The first-order valence-electron chi connectivity index (χ1n) is 6.67. The second-order valence-electron chi connectivity index (χ2n) is 4.81. The quantitative estimate of drug-likeness (QED) is 0.838. The van der Waals surface area contributed by atoms with Gasteiger partial charge < -0.3 is 10.2 Å². The first-order chi connectivity index (χ1) is 8.58. The average Bonchev–Trinajstić information content (AvgIpc) is 2.39. The van der Waals surface area contributed by atoms with Gasteiger partial charge in [-0.15, -0.1) is 0 Å². The highest BCUT2D eigenvalue weighted by molar-refractivity contribution is 5.94. The van der Waals surface area contributed by atoms with Gasteiger partial charge in [0, 0.05) is 31.4 Å². The molecule has 0 aliphatic heterocycles. The molecule has 0 fully saturated rings. The van der Waals surface area contributed by atoms with Gasteiger partial charge in [-0.2, -0.15) is 0 Å². The number of carbonyl (C=O) groups excluding carboxylic acids is 1. The Morgan fingerprint density at radius 1 is 1.28 bits per heavy atom. The topological polar surface area (TPSA) is 32.3 Å². The molecule has 18 heavy (non-hydrogen) atoms. The molecule has 0 aliphatic rings. The van der Waals surface area contributed by atoms with E-state index in [0.717, 1.165) is 30.8 Å². The Morgan fingerprint density at radius 2 is 1.89 bits per heavy atom. The maximum absolute atomic E-state index is 12.2. The number of hydrogen-bond donors (Lipinski definition) is 1. The van der Waals surface area contributed by atoms with E-state index in [4.69, 9.17) is 0 Å². The molecule has 1 N–H and O–H groups in total. The van der Waals surface area contributed by atoms with Crippen LogP contribution in [0.5, 0.6) is 0 Å². The van der Waals surface area contributed by atoms with E-state index in [-0.39, 0.29) is 5.91 Å². The molecule has 0 aromatic heterocycles. The average molecular weight is 248 g/mol. The predicted octanol–water partition coefficient (Wildman–Crippen LogP) is 3.24. The molecular weight excluding hydrogens is 224 g/mol. The smallest absolute Gasteiger partial charge is 0.253 e. The summed E-state index contributed by atoms with van der Waals surface area (Å²) in [7, 11) is 1.87. The Bertz CT molecular complexity index is 373. The van der Waals surface area contributed by atoms with Gasteiger partial charge in [-0.3, -0.25) is 4.79 Å². The molecule has 0 spiro atoms. The molecule has 1 unspecified atom stereocenters. The fourth-order valence-corrected chi connectivity index (χ4v) is 1.83. The lowest BCUT2D eigenvalue weighted by Gasteiger charge is -2.21. The zero-order valence-electron chi connectivity index (χ0n) is 11.9. The number of nitrogens with one attached hydrogen (secondary N) is 1. The molecule has 0 saturated carbocycles. The Hall–Kier alpha value is -1.51. The third kappa shape index (κ3) is 4.06. The fraction of sp³-hybridized carbons (Fsp3) is 0.533. The van der Waals surface area contributed by atoms with Crippen LogP contribution in [-0.2, 0) is 0 Å². The number of anilines is 1. The minimum absolute atomic E-state index is 0.0957. The molecule has 0 radical (unpaired) electrons. The van der Waals surface area contributed by atoms with Crippen LogP contribution < -0.4 is 5.32 Å². The van der Waals surface area contributed by atoms with Crippen molar-refractivity contribution in [2.24, 2.45) is 5.92 Å². The van der Waals surface area contributed by atoms with E-state index in [1.807, 2.05) is 31.3 Å². The molecule has 1 aromatic carbocycles. The molecule has 1 aromatic rings. The van der Waals surface area contributed by atoms with Crippen molar-refractivity contribution < 1.29 is 4.79 Å². The first-order valence-corrected chi connectivity index (χ1v) is 6.67. The van der Waals surface area contributed by atoms with E-state index < -0.39 is 0 Å². The molecule has 1 rings (SSSR count). The number of nitrogens with zero attached hydrogens (tertiary/aromatic N) is 1. The van der Waals surface area contributed by atoms with E-state index in [9.17, 15) is 4.79 Å². The summed E-state index contributed by atoms with van der Waals surface area (Å²) in [5.74, 6) is 0.637. The fourth-order valence-electron chi connectivity index (χ4n) is 1.83. The number of rotatable bonds is 6. The summed E-state index contributed by atoms with van der Waals surface area (Å²) in [4.78, 5) is 14.0. The summed E-state index contributed by atoms with van der Waals surface area (Å²) in [6.07, 6.45) is 1.09. The molecule has 3 heteroatoms. The third-order valence-electron chi connectivity index (χ3n) is 3.14. The monoisotopic (exact) mass is 248 g/mol. The largest absolute Gasteiger partial charge is 0.385 e. The van der Waals surface area contributed by atoms with E-state index >= 15 is 0 Å². The SMILES string of the molecule is CCNc1ccc(C(=O)N(C)CC(C)CC)cc1. The van der Waals surface area contributed by atoms with Crippen molar-refractivity contribution in [3.05, 3.63) is 29.8 Å². The second-order valence-corrected chi connectivity index (χ2v) is 4.81. The van der Waals surface area contributed by atoms with Gasteiger partial charge in [0.15, 0.2) is 0 Å². The lowest BCUT2D eigenvalue weighted by molar-refractivity contribution is 0.0775. The van der Waals surface area contributed by atoms with Crippen LogP contribution in [0.15, 0.2) is 24.3 Å². The van der Waals surface area contributed by atoms with Crippen molar-refractivity contribution in [2.45, 2.75) is 27.2 Å². The van der Waals surface area contributed by atoms with Crippen LogP contribution in [0.4, 0.5) is 5.69 Å². The van der Waals surface area contributed by atoms with Gasteiger partial charge in [-0.05, 0) is 37.1 Å². The zero-order valence-corrected chi connectivity index (χ0v) is 11.9. The molecule has 0 saturated heterocycles. The van der Waals surface area contributed by atoms with Gasteiger partial charge in [0.2, 0.25) is 0 Å². The summed E-state index contributed by atoms with van der Waals surface area (Å²) in [6, 6.07) is 7.67. The van der Waals surface area contributed by atoms with E-state index in [1.165, 1.54) is 0 Å². The highest BCUT2D eigenvalue weighted by Gasteiger charge is 2.13. The van der Waals surface area contributed by atoms with Crippen LogP contribution in [0, 0.1) is 5.92 Å². The lowest BCUT2D eigenvalue weighted by Crippen LogP contribution is -2.30. The van der Waals surface area contributed by atoms with Crippen LogP contribution in [0.25, 0.3) is 0 Å². The Balaban J connectivity index is 2.65. The number of benzene rings is 1. The summed E-state index contributed by atoms with van der Waals surface area (Å²) in [5, 5.41) is 3.22. The van der Waals surface area contributed by atoms with Gasteiger partial charge in [-0.1, -0.05) is 20.3 Å². The molecule has 1 atom stereocenters. The first kappa shape index (κ1) is 14.6. The molecule has 0 aliphatic carbocycles. The summed E-state index contributed by atoms with van der Waals surface area (Å²) in [5.41, 5.74) is 1.81. The Morgan fingerprint density at radius 3 is 2.39 bits per heavy atom. The van der Waals surface area contributed by atoms with Crippen molar-refractivity contribution in [1.82, 2.24) is 4.90 Å². The molecule has 3 nitrogen and oxygen atoms in total. The van der Waals surface area contributed by atoms with Crippen LogP contribution in [0.1, 0.15) is 37.6 Å².